The van der Waals surface area contributed by atoms with Crippen LogP contribution in [-0.2, 0) is 19.2 Å². The van der Waals surface area contributed by atoms with Crippen molar-refractivity contribution in [3.63, 3.8) is 0 Å². The Kier molecular flexibility index (Phi) is 4.31. The molecule has 2 amide bonds. The van der Waals surface area contributed by atoms with Gasteiger partial charge in [-0.3, -0.25) is 24.1 Å². The normalized spacial score (nSPS) is 14.9. The fraction of sp³-hybridized carbons (Fsp3) is 0.500. The molecule has 0 atom stereocenters. The Hall–Kier alpha value is -1.78. The van der Waals surface area contributed by atoms with Crippen LogP contribution in [0, 0.1) is 5.92 Å². The minimum atomic E-state index is -0.615. The molecule has 5 heteroatoms. The molecular formula is C12H15NO4. The molecule has 1 aliphatic heterocycles. The molecule has 0 unspecified atom stereocenters. The lowest BCUT2D eigenvalue weighted by Gasteiger charge is -2.15. The zero-order valence-corrected chi connectivity index (χ0v) is 9.93. The van der Waals surface area contributed by atoms with E-state index in [0.29, 0.717) is 12.8 Å². The predicted octanol–water partition coefficient (Wildman–Crippen LogP) is 0.486. The minimum Gasteiger partial charge on any atom is -0.299 e. The van der Waals surface area contributed by atoms with Gasteiger partial charge >= 0.3 is 0 Å². The average Bonchev–Trinajstić information content (AvgIpc) is 2.53. The van der Waals surface area contributed by atoms with Crippen LogP contribution in [0.25, 0.3) is 0 Å². The summed E-state index contributed by atoms with van der Waals surface area (Å²) in [5, 5.41) is 0. The van der Waals surface area contributed by atoms with Crippen LogP contribution in [-0.4, -0.2) is 34.8 Å². The Morgan fingerprint density at radius 3 is 2.00 bits per heavy atom. The summed E-state index contributed by atoms with van der Waals surface area (Å²) in [4.78, 5) is 45.9. The van der Waals surface area contributed by atoms with Crippen LogP contribution in [0.2, 0.25) is 0 Å². The molecule has 1 aliphatic rings. The van der Waals surface area contributed by atoms with Crippen LogP contribution in [0.4, 0.5) is 0 Å². The van der Waals surface area contributed by atoms with Crippen molar-refractivity contribution in [2.45, 2.75) is 26.7 Å². The van der Waals surface area contributed by atoms with Crippen LogP contribution in [0.3, 0.4) is 0 Å². The molecule has 0 saturated carbocycles. The number of rotatable bonds is 6. The first-order valence-corrected chi connectivity index (χ1v) is 5.48. The summed E-state index contributed by atoms with van der Waals surface area (Å²) in [6.45, 7) is 3.00. The van der Waals surface area contributed by atoms with E-state index in [-0.39, 0.29) is 29.9 Å². The Bertz CT molecular complexity index is 363. The smallest absolute Gasteiger partial charge is 0.253 e. The SMILES string of the molecule is CC(=O)C(CCCN1C(=O)C=CC1=O)C(C)=O. The number of nitrogens with zero attached hydrogens (tertiary/aromatic N) is 1. The predicted molar refractivity (Wildman–Crippen MR) is 59.9 cm³/mol. The summed E-state index contributed by atoms with van der Waals surface area (Å²) in [7, 11) is 0. The number of ketones is 2. The molecule has 92 valence electrons. The number of imide groups is 1. The number of hydrogen-bond acceptors (Lipinski definition) is 4. The highest BCUT2D eigenvalue weighted by molar-refractivity contribution is 6.12. The maximum atomic E-state index is 11.2. The van der Waals surface area contributed by atoms with E-state index in [9.17, 15) is 19.2 Å². The van der Waals surface area contributed by atoms with Crippen molar-refractivity contribution in [1.29, 1.82) is 0 Å². The van der Waals surface area contributed by atoms with E-state index < -0.39 is 5.92 Å². The highest BCUT2D eigenvalue weighted by Gasteiger charge is 2.24. The molecule has 0 aromatic rings. The van der Waals surface area contributed by atoms with Gasteiger partial charge in [-0.2, -0.15) is 0 Å². The molecule has 0 spiro atoms. The van der Waals surface area contributed by atoms with Gasteiger partial charge in [-0.1, -0.05) is 0 Å². The molecule has 1 rings (SSSR count). The average molecular weight is 237 g/mol. The lowest BCUT2D eigenvalue weighted by molar-refractivity contribution is -0.136. The van der Waals surface area contributed by atoms with E-state index in [1.54, 1.807) is 0 Å². The second-order valence-electron chi connectivity index (χ2n) is 4.08. The largest absolute Gasteiger partial charge is 0.299 e. The van der Waals surface area contributed by atoms with Gasteiger partial charge in [-0.15, -0.1) is 0 Å². The zero-order valence-electron chi connectivity index (χ0n) is 9.93. The van der Waals surface area contributed by atoms with Gasteiger partial charge in [0.05, 0.1) is 5.92 Å². The second kappa shape index (κ2) is 5.52. The molecule has 0 radical (unpaired) electrons. The quantitative estimate of drug-likeness (QED) is 0.497. The lowest BCUT2D eigenvalue weighted by atomic mass is 9.95. The third kappa shape index (κ3) is 3.34. The third-order valence-corrected chi connectivity index (χ3v) is 2.76. The highest BCUT2D eigenvalue weighted by atomic mass is 16.2. The molecule has 0 aromatic heterocycles. The van der Waals surface area contributed by atoms with Gasteiger partial charge in [0.25, 0.3) is 11.8 Å². The van der Waals surface area contributed by atoms with Crippen molar-refractivity contribution in [2.24, 2.45) is 5.92 Å². The van der Waals surface area contributed by atoms with E-state index >= 15 is 0 Å². The van der Waals surface area contributed by atoms with Gasteiger partial charge in [0, 0.05) is 18.7 Å². The van der Waals surface area contributed by atoms with Crippen LogP contribution < -0.4 is 0 Å². The van der Waals surface area contributed by atoms with E-state index in [4.69, 9.17) is 0 Å². The van der Waals surface area contributed by atoms with Crippen molar-refractivity contribution < 1.29 is 19.2 Å². The molecule has 0 aliphatic carbocycles. The summed E-state index contributed by atoms with van der Waals surface area (Å²) in [6.07, 6.45) is 3.27. The Morgan fingerprint density at radius 2 is 1.59 bits per heavy atom. The molecule has 0 fully saturated rings. The topological polar surface area (TPSA) is 71.5 Å². The third-order valence-electron chi connectivity index (χ3n) is 2.76. The molecule has 0 bridgehead atoms. The zero-order chi connectivity index (χ0) is 13.0. The van der Waals surface area contributed by atoms with Crippen LogP contribution in [0.5, 0.6) is 0 Å². The monoisotopic (exact) mass is 237 g/mol. The molecule has 0 aromatic carbocycles. The van der Waals surface area contributed by atoms with E-state index in [2.05, 4.69) is 0 Å². The van der Waals surface area contributed by atoms with E-state index in [1.165, 1.54) is 26.0 Å². The van der Waals surface area contributed by atoms with Gasteiger partial charge in [0.2, 0.25) is 0 Å². The maximum absolute atomic E-state index is 11.2. The maximum Gasteiger partial charge on any atom is 0.253 e. The first-order chi connectivity index (χ1) is 7.93. The Morgan fingerprint density at radius 1 is 1.12 bits per heavy atom. The summed E-state index contributed by atoms with van der Waals surface area (Å²) in [6, 6.07) is 0. The summed E-state index contributed by atoms with van der Waals surface area (Å²) < 4.78 is 0. The van der Waals surface area contributed by atoms with Gasteiger partial charge in [-0.05, 0) is 26.7 Å². The first kappa shape index (κ1) is 13.3. The van der Waals surface area contributed by atoms with Gasteiger partial charge < -0.3 is 0 Å². The van der Waals surface area contributed by atoms with Crippen molar-refractivity contribution in [2.75, 3.05) is 6.54 Å². The number of Topliss-reactive ketones (excluding diaryl/α,β-unsaturated/α-hetero) is 2. The standard InChI is InChI=1S/C12H15NO4/c1-8(14)10(9(2)15)4-3-7-13-11(16)5-6-12(13)17/h5-6,10H,3-4,7H2,1-2H3. The Balaban J connectivity index is 2.42. The fourth-order valence-corrected chi connectivity index (χ4v) is 1.80. The van der Waals surface area contributed by atoms with E-state index in [0.717, 1.165) is 4.90 Å². The highest BCUT2D eigenvalue weighted by Crippen LogP contribution is 2.12. The van der Waals surface area contributed by atoms with Crippen LogP contribution >= 0.6 is 0 Å². The van der Waals surface area contributed by atoms with Gasteiger partial charge in [-0.25, -0.2) is 0 Å². The van der Waals surface area contributed by atoms with E-state index in [1.807, 2.05) is 0 Å². The van der Waals surface area contributed by atoms with Crippen molar-refractivity contribution in [1.82, 2.24) is 4.90 Å². The second-order valence-corrected chi connectivity index (χ2v) is 4.08. The van der Waals surface area contributed by atoms with Crippen molar-refractivity contribution >= 4 is 23.4 Å². The van der Waals surface area contributed by atoms with Gasteiger partial charge in [0.1, 0.15) is 11.6 Å². The summed E-state index contributed by atoms with van der Waals surface area (Å²) >= 11 is 0. The molecule has 0 N–H and O–H groups in total. The van der Waals surface area contributed by atoms with Crippen molar-refractivity contribution in [3.05, 3.63) is 12.2 Å². The molecular weight excluding hydrogens is 222 g/mol. The molecule has 1 heterocycles. The summed E-state index contributed by atoms with van der Waals surface area (Å²) in [5.74, 6) is -1.63. The van der Waals surface area contributed by atoms with Gasteiger partial charge in [0.15, 0.2) is 0 Å². The molecule has 5 nitrogen and oxygen atoms in total. The van der Waals surface area contributed by atoms with Crippen LogP contribution in [0.1, 0.15) is 26.7 Å². The summed E-state index contributed by atoms with van der Waals surface area (Å²) in [5.41, 5.74) is 0. The Labute approximate surface area is 99.5 Å². The molecule has 0 saturated heterocycles. The fourth-order valence-electron chi connectivity index (χ4n) is 1.80. The van der Waals surface area contributed by atoms with Crippen LogP contribution in [0.15, 0.2) is 12.2 Å². The molecule has 17 heavy (non-hydrogen) atoms. The first-order valence-electron chi connectivity index (χ1n) is 5.48. The minimum absolute atomic E-state index is 0.172. The van der Waals surface area contributed by atoms with Crippen molar-refractivity contribution in [3.8, 4) is 0 Å². The number of hydrogen-bond donors (Lipinski definition) is 0. The lowest BCUT2D eigenvalue weighted by Crippen LogP contribution is -2.31. The number of carbonyl (C=O) groups excluding carboxylic acids is 4. The number of amides is 2. The number of carbonyl (C=O) groups is 4.